The van der Waals surface area contributed by atoms with E-state index in [0.717, 1.165) is 16.4 Å². The second-order valence-electron chi connectivity index (χ2n) is 6.49. The van der Waals surface area contributed by atoms with Gasteiger partial charge < -0.3 is 14.9 Å². The molecule has 0 unspecified atom stereocenters. The van der Waals surface area contributed by atoms with E-state index >= 15 is 0 Å². The van der Waals surface area contributed by atoms with E-state index in [4.69, 9.17) is 8.92 Å². The number of nitrogens with one attached hydrogen (secondary N) is 1. The van der Waals surface area contributed by atoms with Crippen LogP contribution < -0.4 is 11.2 Å². The Morgan fingerprint density at radius 2 is 1.93 bits per heavy atom. The number of aromatic nitrogens is 2. The van der Waals surface area contributed by atoms with Crippen LogP contribution in [0.25, 0.3) is 0 Å². The van der Waals surface area contributed by atoms with E-state index in [1.807, 2.05) is 30.3 Å². The smallest absolute Gasteiger partial charge is 0.330 e. The third kappa shape index (κ3) is 4.39. The maximum atomic E-state index is 12.3. The standard InChI is InChI=1S/C17H20N2O8S/c1-28(24,25)27-14-12(9-20)26-16(13(14)21)19-8-11(15(22)18-17(19)23)7-10-5-3-2-4-6-10/h2-6,8,12-14,16,20-21H,7,9H2,1H3,(H,18,22,23)/t12-,13-,14+,16-/m1/s1. The Balaban J connectivity index is 1.95. The Morgan fingerprint density at radius 1 is 1.25 bits per heavy atom. The van der Waals surface area contributed by atoms with Crippen molar-refractivity contribution < 1.29 is 27.6 Å². The molecule has 1 aromatic heterocycles. The van der Waals surface area contributed by atoms with Gasteiger partial charge in [-0.25, -0.2) is 4.79 Å². The van der Waals surface area contributed by atoms with E-state index in [9.17, 15) is 28.2 Å². The highest BCUT2D eigenvalue weighted by atomic mass is 32.2. The summed E-state index contributed by atoms with van der Waals surface area (Å²) in [6.07, 6.45) is -3.22. The fourth-order valence-electron chi connectivity index (χ4n) is 3.07. The number of hydrogen-bond acceptors (Lipinski definition) is 8. The summed E-state index contributed by atoms with van der Waals surface area (Å²) in [5.41, 5.74) is -0.352. The van der Waals surface area contributed by atoms with Crippen molar-refractivity contribution in [2.24, 2.45) is 0 Å². The van der Waals surface area contributed by atoms with Gasteiger partial charge in [0.15, 0.2) is 6.23 Å². The molecule has 1 aliphatic rings. The lowest BCUT2D eigenvalue weighted by Gasteiger charge is -2.19. The molecule has 1 saturated heterocycles. The number of aromatic amines is 1. The first kappa shape index (κ1) is 20.4. The number of rotatable bonds is 6. The summed E-state index contributed by atoms with van der Waals surface area (Å²) < 4.78 is 34.0. The molecule has 28 heavy (non-hydrogen) atoms. The zero-order valence-electron chi connectivity index (χ0n) is 14.9. The van der Waals surface area contributed by atoms with Gasteiger partial charge in [-0.3, -0.25) is 18.5 Å². The second-order valence-corrected chi connectivity index (χ2v) is 8.09. The molecule has 1 aliphatic heterocycles. The largest absolute Gasteiger partial charge is 0.394 e. The number of hydrogen-bond donors (Lipinski definition) is 3. The van der Waals surface area contributed by atoms with Crippen LogP contribution in [0.1, 0.15) is 17.4 Å². The van der Waals surface area contributed by atoms with Gasteiger partial charge in [-0.1, -0.05) is 30.3 Å². The molecule has 4 atom stereocenters. The first-order chi connectivity index (χ1) is 13.2. The molecule has 152 valence electrons. The number of aliphatic hydroxyl groups is 2. The fourth-order valence-corrected chi connectivity index (χ4v) is 3.72. The Bertz CT molecular complexity index is 1050. The fraction of sp³-hybridized carbons (Fsp3) is 0.412. The molecule has 10 nitrogen and oxygen atoms in total. The molecule has 11 heteroatoms. The Labute approximate surface area is 160 Å². The number of aliphatic hydroxyl groups excluding tert-OH is 2. The molecule has 0 saturated carbocycles. The van der Waals surface area contributed by atoms with Crippen LogP contribution in [0.4, 0.5) is 0 Å². The molecule has 3 N–H and O–H groups in total. The second kappa shape index (κ2) is 7.97. The van der Waals surface area contributed by atoms with Crippen LogP contribution in [0.15, 0.2) is 46.1 Å². The first-order valence-corrected chi connectivity index (χ1v) is 10.2. The van der Waals surface area contributed by atoms with Gasteiger partial charge in [0.1, 0.15) is 18.3 Å². The van der Waals surface area contributed by atoms with Crippen molar-refractivity contribution in [3.63, 3.8) is 0 Å². The summed E-state index contributed by atoms with van der Waals surface area (Å²) in [6.45, 7) is -0.636. The Hall–Kier alpha value is -2.31. The normalized spacial score (nSPS) is 25.1. The molecular weight excluding hydrogens is 392 g/mol. The summed E-state index contributed by atoms with van der Waals surface area (Å²) in [6, 6.07) is 9.07. The van der Waals surface area contributed by atoms with Crippen molar-refractivity contribution in [3.8, 4) is 0 Å². The molecule has 0 bridgehead atoms. The molecule has 0 radical (unpaired) electrons. The SMILES string of the molecule is CS(=O)(=O)O[C@@H]1[C@@H](O)[C@H](n2cc(Cc3ccccc3)c(=O)[nH]c2=O)O[C@@H]1CO. The van der Waals surface area contributed by atoms with Crippen LogP contribution >= 0.6 is 0 Å². The van der Waals surface area contributed by atoms with Gasteiger partial charge in [-0.2, -0.15) is 8.42 Å². The van der Waals surface area contributed by atoms with Gasteiger partial charge in [-0.05, 0) is 5.56 Å². The van der Waals surface area contributed by atoms with E-state index in [1.165, 1.54) is 6.20 Å². The van der Waals surface area contributed by atoms with Crippen molar-refractivity contribution in [1.29, 1.82) is 0 Å². The molecule has 0 aliphatic carbocycles. The third-order valence-electron chi connectivity index (χ3n) is 4.33. The number of nitrogens with zero attached hydrogens (tertiary/aromatic N) is 1. The van der Waals surface area contributed by atoms with Gasteiger partial charge >= 0.3 is 5.69 Å². The van der Waals surface area contributed by atoms with Gasteiger partial charge in [0, 0.05) is 18.2 Å². The average molecular weight is 412 g/mol. The topological polar surface area (TPSA) is 148 Å². The monoisotopic (exact) mass is 412 g/mol. The molecule has 1 aromatic carbocycles. The summed E-state index contributed by atoms with van der Waals surface area (Å²) in [5.74, 6) is 0. The summed E-state index contributed by atoms with van der Waals surface area (Å²) in [5, 5.41) is 19.9. The molecular formula is C17H20N2O8S. The molecule has 0 amide bonds. The minimum Gasteiger partial charge on any atom is -0.394 e. The van der Waals surface area contributed by atoms with E-state index in [0.29, 0.717) is 0 Å². The Morgan fingerprint density at radius 3 is 2.54 bits per heavy atom. The highest BCUT2D eigenvalue weighted by molar-refractivity contribution is 7.86. The quantitative estimate of drug-likeness (QED) is 0.497. The summed E-state index contributed by atoms with van der Waals surface area (Å²) >= 11 is 0. The van der Waals surface area contributed by atoms with Gasteiger partial charge in [0.2, 0.25) is 0 Å². The lowest BCUT2D eigenvalue weighted by molar-refractivity contribution is -0.0544. The molecule has 3 rings (SSSR count). The first-order valence-electron chi connectivity index (χ1n) is 8.40. The van der Waals surface area contributed by atoms with Crippen LogP contribution in [0.5, 0.6) is 0 Å². The van der Waals surface area contributed by atoms with Gasteiger partial charge in [0.05, 0.1) is 12.9 Å². The number of benzene rings is 1. The summed E-state index contributed by atoms with van der Waals surface area (Å²) in [7, 11) is -3.95. The van der Waals surface area contributed by atoms with Crippen molar-refractivity contribution in [2.75, 3.05) is 12.9 Å². The maximum Gasteiger partial charge on any atom is 0.330 e. The van der Waals surface area contributed by atoms with Crippen molar-refractivity contribution in [1.82, 2.24) is 9.55 Å². The van der Waals surface area contributed by atoms with Crippen LogP contribution in [0, 0.1) is 0 Å². The van der Waals surface area contributed by atoms with Crippen molar-refractivity contribution >= 4 is 10.1 Å². The molecule has 0 spiro atoms. The summed E-state index contributed by atoms with van der Waals surface area (Å²) in [4.78, 5) is 26.6. The van der Waals surface area contributed by atoms with Gasteiger partial charge in [-0.15, -0.1) is 0 Å². The van der Waals surface area contributed by atoms with E-state index in [2.05, 4.69) is 4.98 Å². The van der Waals surface area contributed by atoms with Crippen molar-refractivity contribution in [3.05, 3.63) is 68.5 Å². The average Bonchev–Trinajstić information content (AvgIpc) is 2.93. The van der Waals surface area contributed by atoms with Crippen LogP contribution in [0.3, 0.4) is 0 Å². The van der Waals surface area contributed by atoms with Crippen LogP contribution in [0.2, 0.25) is 0 Å². The Kier molecular flexibility index (Phi) is 5.82. The highest BCUT2D eigenvalue weighted by Crippen LogP contribution is 2.31. The highest BCUT2D eigenvalue weighted by Gasteiger charge is 2.47. The lowest BCUT2D eigenvalue weighted by Crippen LogP contribution is -2.40. The minimum atomic E-state index is -3.95. The predicted molar refractivity (Wildman–Crippen MR) is 97.3 cm³/mol. The third-order valence-corrected chi connectivity index (χ3v) is 4.90. The molecule has 2 aromatic rings. The maximum absolute atomic E-state index is 12.3. The molecule has 2 heterocycles. The zero-order valence-corrected chi connectivity index (χ0v) is 15.7. The van der Waals surface area contributed by atoms with Gasteiger partial charge in [0.25, 0.3) is 15.7 Å². The van der Waals surface area contributed by atoms with E-state index < -0.39 is 52.5 Å². The predicted octanol–water partition coefficient (Wildman–Crippen LogP) is -1.28. The zero-order chi connectivity index (χ0) is 20.5. The van der Waals surface area contributed by atoms with Crippen LogP contribution in [-0.2, 0) is 25.5 Å². The molecule has 1 fully saturated rings. The van der Waals surface area contributed by atoms with Crippen molar-refractivity contribution in [2.45, 2.75) is 31.0 Å². The number of ether oxygens (including phenoxy) is 1. The van der Waals surface area contributed by atoms with E-state index in [-0.39, 0.29) is 12.0 Å². The minimum absolute atomic E-state index is 0.228. The lowest BCUT2D eigenvalue weighted by atomic mass is 10.1. The van der Waals surface area contributed by atoms with E-state index in [1.54, 1.807) is 0 Å². The van der Waals surface area contributed by atoms with Crippen LogP contribution in [-0.4, -0.2) is 59.4 Å². The number of H-pyrrole nitrogens is 1.